The van der Waals surface area contributed by atoms with Crippen LogP contribution in [0.1, 0.15) is 40.7 Å². The van der Waals surface area contributed by atoms with Gasteiger partial charge in [-0.25, -0.2) is 0 Å². The van der Waals surface area contributed by atoms with Crippen LogP contribution in [0.5, 0.6) is 5.75 Å². The van der Waals surface area contributed by atoms with E-state index < -0.39 is 0 Å². The fourth-order valence-corrected chi connectivity index (χ4v) is 1.37. The fraction of sp³-hybridized carbons (Fsp3) is 0.769. The fourth-order valence-electron chi connectivity index (χ4n) is 1.37. The Morgan fingerprint density at radius 2 is 2.00 bits per heavy atom. The van der Waals surface area contributed by atoms with Crippen molar-refractivity contribution in [2.45, 2.75) is 46.7 Å². The minimum Gasteiger partial charge on any atom is -0.489 e. The molecule has 0 aliphatic heterocycles. The molecule has 1 aromatic heterocycles. The second-order valence-corrected chi connectivity index (χ2v) is 5.09. The van der Waals surface area contributed by atoms with Crippen LogP contribution >= 0.6 is 0 Å². The maximum atomic E-state index is 5.62. The van der Waals surface area contributed by atoms with Crippen molar-refractivity contribution in [1.82, 2.24) is 15.1 Å². The van der Waals surface area contributed by atoms with E-state index in [-0.39, 0.29) is 0 Å². The quantitative estimate of drug-likeness (QED) is 0.743. The average molecular weight is 239 g/mol. The highest BCUT2D eigenvalue weighted by atomic mass is 16.5. The van der Waals surface area contributed by atoms with E-state index in [0.29, 0.717) is 24.6 Å². The SMILES string of the molecule is CC(C)C(C)NCCOc1cnn(C(C)C)c1. The maximum absolute atomic E-state index is 5.62. The highest BCUT2D eigenvalue weighted by Gasteiger charge is 2.06. The zero-order chi connectivity index (χ0) is 12.8. The third-order valence-electron chi connectivity index (χ3n) is 2.94. The molecule has 1 rings (SSSR count). The minimum absolute atomic E-state index is 0.381. The van der Waals surface area contributed by atoms with Gasteiger partial charge in [0.25, 0.3) is 0 Å². The summed E-state index contributed by atoms with van der Waals surface area (Å²) in [6.45, 7) is 12.4. The van der Waals surface area contributed by atoms with E-state index in [2.05, 4.69) is 45.0 Å². The Morgan fingerprint density at radius 1 is 1.29 bits per heavy atom. The zero-order valence-corrected chi connectivity index (χ0v) is 11.6. The molecule has 1 heterocycles. The highest BCUT2D eigenvalue weighted by Crippen LogP contribution is 2.11. The number of rotatable bonds is 7. The number of nitrogens with one attached hydrogen (secondary N) is 1. The molecule has 4 heteroatoms. The number of hydrogen-bond acceptors (Lipinski definition) is 3. The van der Waals surface area contributed by atoms with Gasteiger partial charge in [0.2, 0.25) is 0 Å². The first-order chi connectivity index (χ1) is 8.00. The molecule has 98 valence electrons. The van der Waals surface area contributed by atoms with Crippen molar-refractivity contribution in [3.63, 3.8) is 0 Å². The van der Waals surface area contributed by atoms with Gasteiger partial charge in [-0.05, 0) is 26.7 Å². The monoisotopic (exact) mass is 239 g/mol. The summed E-state index contributed by atoms with van der Waals surface area (Å²) in [5.41, 5.74) is 0. The Labute approximate surface area is 104 Å². The smallest absolute Gasteiger partial charge is 0.157 e. The van der Waals surface area contributed by atoms with Gasteiger partial charge >= 0.3 is 0 Å². The van der Waals surface area contributed by atoms with E-state index >= 15 is 0 Å². The lowest BCUT2D eigenvalue weighted by molar-refractivity contribution is 0.296. The molecule has 0 radical (unpaired) electrons. The second kappa shape index (κ2) is 6.64. The van der Waals surface area contributed by atoms with Crippen LogP contribution in [0.25, 0.3) is 0 Å². The molecule has 0 aromatic carbocycles. The summed E-state index contributed by atoms with van der Waals surface area (Å²) in [5.74, 6) is 1.50. The Kier molecular flexibility index (Phi) is 5.48. The summed E-state index contributed by atoms with van der Waals surface area (Å²) in [7, 11) is 0. The zero-order valence-electron chi connectivity index (χ0n) is 11.6. The standard InChI is InChI=1S/C13H25N3O/c1-10(2)12(5)14-6-7-17-13-8-15-16(9-13)11(3)4/h8-12,14H,6-7H2,1-5H3. The van der Waals surface area contributed by atoms with Gasteiger partial charge in [-0.15, -0.1) is 0 Å². The van der Waals surface area contributed by atoms with Crippen molar-refractivity contribution >= 4 is 0 Å². The van der Waals surface area contributed by atoms with Crippen LogP contribution in [-0.2, 0) is 0 Å². The summed E-state index contributed by atoms with van der Waals surface area (Å²) in [5, 5.41) is 7.66. The van der Waals surface area contributed by atoms with Crippen LogP contribution < -0.4 is 10.1 Å². The molecule has 1 unspecified atom stereocenters. The van der Waals surface area contributed by atoms with E-state index in [1.54, 1.807) is 6.20 Å². The first kappa shape index (κ1) is 14.0. The molecule has 1 atom stereocenters. The molecule has 0 aliphatic carbocycles. The van der Waals surface area contributed by atoms with Gasteiger partial charge in [0, 0.05) is 18.6 Å². The largest absolute Gasteiger partial charge is 0.489 e. The van der Waals surface area contributed by atoms with Crippen LogP contribution in [0.4, 0.5) is 0 Å². The molecule has 0 amide bonds. The molecule has 0 saturated heterocycles. The van der Waals surface area contributed by atoms with Crippen molar-refractivity contribution < 1.29 is 4.74 Å². The van der Waals surface area contributed by atoms with Crippen LogP contribution in [0.15, 0.2) is 12.4 Å². The molecule has 1 aromatic rings. The molecule has 1 N–H and O–H groups in total. The summed E-state index contributed by atoms with van der Waals surface area (Å²) in [6.07, 6.45) is 3.71. The van der Waals surface area contributed by atoms with Gasteiger partial charge in [-0.2, -0.15) is 5.10 Å². The van der Waals surface area contributed by atoms with Crippen LogP contribution in [0, 0.1) is 5.92 Å². The van der Waals surface area contributed by atoms with E-state index in [1.165, 1.54) is 0 Å². The molecule has 4 nitrogen and oxygen atoms in total. The molecule has 0 spiro atoms. The summed E-state index contributed by atoms with van der Waals surface area (Å²) in [4.78, 5) is 0. The van der Waals surface area contributed by atoms with Crippen molar-refractivity contribution in [1.29, 1.82) is 0 Å². The number of aromatic nitrogens is 2. The summed E-state index contributed by atoms with van der Waals surface area (Å²) >= 11 is 0. The molecule has 0 bridgehead atoms. The lowest BCUT2D eigenvalue weighted by atomic mass is 10.1. The second-order valence-electron chi connectivity index (χ2n) is 5.09. The molecule has 0 aliphatic rings. The van der Waals surface area contributed by atoms with Crippen molar-refractivity contribution in [3.05, 3.63) is 12.4 Å². The Hall–Kier alpha value is -1.03. The first-order valence-corrected chi connectivity index (χ1v) is 6.41. The van der Waals surface area contributed by atoms with Crippen LogP contribution in [0.3, 0.4) is 0 Å². The lowest BCUT2D eigenvalue weighted by Crippen LogP contribution is -2.33. The van der Waals surface area contributed by atoms with E-state index in [4.69, 9.17) is 4.74 Å². The number of ether oxygens (including phenoxy) is 1. The Morgan fingerprint density at radius 3 is 2.53 bits per heavy atom. The van der Waals surface area contributed by atoms with E-state index in [1.807, 2.05) is 10.9 Å². The third-order valence-corrected chi connectivity index (χ3v) is 2.94. The normalized spacial score (nSPS) is 13.4. The molecule has 0 saturated carbocycles. The van der Waals surface area contributed by atoms with Crippen molar-refractivity contribution in [2.24, 2.45) is 5.92 Å². The predicted octanol–water partition coefficient (Wildman–Crippen LogP) is 2.48. The summed E-state index contributed by atoms with van der Waals surface area (Å²) < 4.78 is 7.52. The summed E-state index contributed by atoms with van der Waals surface area (Å²) in [6, 6.07) is 0.906. The van der Waals surface area contributed by atoms with Crippen LogP contribution in [0.2, 0.25) is 0 Å². The van der Waals surface area contributed by atoms with E-state index in [0.717, 1.165) is 12.3 Å². The number of nitrogens with zero attached hydrogens (tertiary/aromatic N) is 2. The maximum Gasteiger partial charge on any atom is 0.157 e. The number of hydrogen-bond donors (Lipinski definition) is 1. The molecular formula is C13H25N3O. The van der Waals surface area contributed by atoms with Gasteiger partial charge < -0.3 is 10.1 Å². The first-order valence-electron chi connectivity index (χ1n) is 6.41. The third kappa shape index (κ3) is 4.77. The van der Waals surface area contributed by atoms with E-state index in [9.17, 15) is 0 Å². The van der Waals surface area contributed by atoms with Crippen molar-refractivity contribution in [3.8, 4) is 5.75 Å². The average Bonchev–Trinajstić information content (AvgIpc) is 2.72. The van der Waals surface area contributed by atoms with Gasteiger partial charge in [0.1, 0.15) is 6.61 Å². The Balaban J connectivity index is 2.22. The van der Waals surface area contributed by atoms with Gasteiger partial charge in [0.15, 0.2) is 5.75 Å². The lowest BCUT2D eigenvalue weighted by Gasteiger charge is -2.17. The van der Waals surface area contributed by atoms with Gasteiger partial charge in [-0.1, -0.05) is 13.8 Å². The minimum atomic E-state index is 0.381. The molecular weight excluding hydrogens is 214 g/mol. The van der Waals surface area contributed by atoms with Gasteiger partial charge in [0.05, 0.1) is 12.4 Å². The van der Waals surface area contributed by atoms with Crippen molar-refractivity contribution in [2.75, 3.05) is 13.2 Å². The molecule has 0 fully saturated rings. The molecule has 17 heavy (non-hydrogen) atoms. The topological polar surface area (TPSA) is 39.1 Å². The Bertz CT molecular complexity index is 320. The highest BCUT2D eigenvalue weighted by molar-refractivity contribution is 5.11. The predicted molar refractivity (Wildman–Crippen MR) is 70.4 cm³/mol. The van der Waals surface area contributed by atoms with Gasteiger partial charge in [-0.3, -0.25) is 4.68 Å². The van der Waals surface area contributed by atoms with Crippen LogP contribution in [-0.4, -0.2) is 29.0 Å².